The Morgan fingerprint density at radius 3 is 2.86 bits per heavy atom. The smallest absolute Gasteiger partial charge is 0.208 e. The van der Waals surface area contributed by atoms with Crippen LogP contribution >= 0.6 is 11.3 Å². The van der Waals surface area contributed by atoms with Gasteiger partial charge in [0.2, 0.25) is 5.13 Å². The largest absolute Gasteiger partial charge is 0.391 e. The Morgan fingerprint density at radius 2 is 2.19 bits per heavy atom. The van der Waals surface area contributed by atoms with E-state index in [1.165, 1.54) is 12.1 Å². The first-order chi connectivity index (χ1) is 10.0. The predicted octanol–water partition coefficient (Wildman–Crippen LogP) is 3.11. The van der Waals surface area contributed by atoms with Crippen molar-refractivity contribution in [2.24, 2.45) is 0 Å². The molecule has 1 N–H and O–H groups in total. The van der Waals surface area contributed by atoms with Crippen LogP contribution in [0.25, 0.3) is 0 Å². The van der Waals surface area contributed by atoms with Crippen LogP contribution in [0.3, 0.4) is 0 Å². The minimum Gasteiger partial charge on any atom is -0.391 e. The van der Waals surface area contributed by atoms with Crippen molar-refractivity contribution in [3.63, 3.8) is 0 Å². The van der Waals surface area contributed by atoms with E-state index in [1.54, 1.807) is 17.4 Å². The molecule has 1 aliphatic heterocycles. The third-order valence-electron chi connectivity index (χ3n) is 3.68. The number of benzene rings is 1. The van der Waals surface area contributed by atoms with Gasteiger partial charge in [-0.2, -0.15) is 0 Å². The lowest BCUT2D eigenvalue weighted by atomic mass is 10.0. The summed E-state index contributed by atoms with van der Waals surface area (Å²) in [6, 6.07) is 6.50. The van der Waals surface area contributed by atoms with Crippen LogP contribution in [0.5, 0.6) is 0 Å². The lowest BCUT2D eigenvalue weighted by Gasteiger charge is -2.23. The number of aliphatic hydroxyl groups is 1. The zero-order chi connectivity index (χ0) is 15.0. The first-order valence-corrected chi connectivity index (χ1v) is 7.90. The molecule has 0 saturated carbocycles. The lowest BCUT2D eigenvalue weighted by Crippen LogP contribution is -2.24. The molecule has 0 spiro atoms. The summed E-state index contributed by atoms with van der Waals surface area (Å²) in [5.74, 6) is 0.0744. The van der Waals surface area contributed by atoms with Crippen LogP contribution in [0.1, 0.15) is 42.8 Å². The summed E-state index contributed by atoms with van der Waals surface area (Å²) in [5, 5.41) is 20.2. The number of β-amino-alcohol motifs (C(OH)–C–C–N with tert-alkyl or cyclic N) is 1. The van der Waals surface area contributed by atoms with Gasteiger partial charge in [0.1, 0.15) is 10.8 Å². The van der Waals surface area contributed by atoms with Gasteiger partial charge in [-0.3, -0.25) is 0 Å². The number of hydrogen-bond donors (Lipinski definition) is 1. The predicted molar refractivity (Wildman–Crippen MR) is 81.1 cm³/mol. The molecule has 1 aromatic carbocycles. The molecule has 2 atom stereocenters. The monoisotopic (exact) mass is 307 g/mol. The van der Waals surface area contributed by atoms with Gasteiger partial charge in [-0.25, -0.2) is 4.39 Å². The third kappa shape index (κ3) is 2.91. The highest BCUT2D eigenvalue weighted by atomic mass is 32.1. The SMILES string of the molecule is CC(C)c1nnc(N2C[C@H](O)C[C@H]2c2cccc(F)c2)s1. The lowest BCUT2D eigenvalue weighted by molar-refractivity contribution is 0.194. The molecule has 1 aromatic heterocycles. The Balaban J connectivity index is 1.91. The average Bonchev–Trinajstić information content (AvgIpc) is 3.04. The fraction of sp³-hybridized carbons (Fsp3) is 0.467. The number of hydrogen-bond acceptors (Lipinski definition) is 5. The van der Waals surface area contributed by atoms with Crippen molar-refractivity contribution in [1.82, 2.24) is 10.2 Å². The van der Waals surface area contributed by atoms with E-state index in [1.807, 2.05) is 11.0 Å². The highest BCUT2D eigenvalue weighted by Crippen LogP contribution is 2.38. The fourth-order valence-corrected chi connectivity index (χ4v) is 3.54. The Kier molecular flexibility index (Phi) is 3.91. The first-order valence-electron chi connectivity index (χ1n) is 7.08. The molecule has 21 heavy (non-hydrogen) atoms. The molecular formula is C15H18FN3OS. The summed E-state index contributed by atoms with van der Waals surface area (Å²) in [5.41, 5.74) is 0.868. The van der Waals surface area contributed by atoms with Crippen molar-refractivity contribution in [3.8, 4) is 0 Å². The molecule has 0 aliphatic carbocycles. The summed E-state index contributed by atoms with van der Waals surface area (Å²) in [6.45, 7) is 4.66. The van der Waals surface area contributed by atoms with Crippen LogP contribution in [0.4, 0.5) is 9.52 Å². The van der Waals surface area contributed by atoms with E-state index >= 15 is 0 Å². The summed E-state index contributed by atoms with van der Waals surface area (Å²) >= 11 is 1.54. The van der Waals surface area contributed by atoms with Crippen molar-refractivity contribution in [2.45, 2.75) is 38.3 Å². The van der Waals surface area contributed by atoms with Gasteiger partial charge in [-0.05, 0) is 24.1 Å². The Labute approximate surface area is 127 Å². The number of aromatic nitrogens is 2. The molecule has 0 unspecified atom stereocenters. The second kappa shape index (κ2) is 5.69. The number of anilines is 1. The number of nitrogens with zero attached hydrogens (tertiary/aromatic N) is 3. The zero-order valence-electron chi connectivity index (χ0n) is 12.0. The topological polar surface area (TPSA) is 49.2 Å². The quantitative estimate of drug-likeness (QED) is 0.946. The summed E-state index contributed by atoms with van der Waals surface area (Å²) < 4.78 is 13.5. The minimum absolute atomic E-state index is 0.0522. The fourth-order valence-electron chi connectivity index (χ4n) is 2.63. The molecule has 112 valence electrons. The van der Waals surface area contributed by atoms with Gasteiger partial charge in [0.15, 0.2) is 0 Å². The molecule has 0 bridgehead atoms. The van der Waals surface area contributed by atoms with E-state index in [0.29, 0.717) is 18.9 Å². The van der Waals surface area contributed by atoms with E-state index in [9.17, 15) is 9.50 Å². The molecule has 1 aliphatic rings. The van der Waals surface area contributed by atoms with Gasteiger partial charge in [0, 0.05) is 12.5 Å². The molecule has 1 fully saturated rings. The molecular weight excluding hydrogens is 289 g/mol. The van der Waals surface area contributed by atoms with E-state index in [2.05, 4.69) is 24.0 Å². The molecule has 2 aromatic rings. The molecule has 6 heteroatoms. The van der Waals surface area contributed by atoms with Gasteiger partial charge in [-0.15, -0.1) is 10.2 Å². The highest BCUT2D eigenvalue weighted by Gasteiger charge is 2.34. The summed E-state index contributed by atoms with van der Waals surface area (Å²) in [4.78, 5) is 2.03. The van der Waals surface area contributed by atoms with E-state index < -0.39 is 6.10 Å². The first kappa shape index (κ1) is 14.4. The maximum atomic E-state index is 13.5. The summed E-state index contributed by atoms with van der Waals surface area (Å²) in [6.07, 6.45) is 0.157. The Morgan fingerprint density at radius 1 is 1.38 bits per heavy atom. The third-order valence-corrected chi connectivity index (χ3v) is 4.94. The van der Waals surface area contributed by atoms with Crippen LogP contribution in [0, 0.1) is 5.82 Å². The van der Waals surface area contributed by atoms with Crippen molar-refractivity contribution in [3.05, 3.63) is 40.7 Å². The van der Waals surface area contributed by atoms with Gasteiger partial charge in [0.05, 0.1) is 12.1 Å². The number of aliphatic hydroxyl groups excluding tert-OH is 1. The Hall–Kier alpha value is -1.53. The standard InChI is InChI=1S/C15H18FN3OS/c1-9(2)14-17-18-15(21-14)19-8-12(20)7-13(19)10-4-3-5-11(16)6-10/h3-6,9,12-13,20H,7-8H2,1-2H3/t12-,13+/m1/s1. The highest BCUT2D eigenvalue weighted by molar-refractivity contribution is 7.15. The van der Waals surface area contributed by atoms with E-state index in [4.69, 9.17) is 0 Å². The van der Waals surface area contributed by atoms with Crippen LogP contribution in [-0.4, -0.2) is 28.0 Å². The van der Waals surface area contributed by atoms with Crippen molar-refractivity contribution < 1.29 is 9.50 Å². The maximum Gasteiger partial charge on any atom is 0.208 e. The van der Waals surface area contributed by atoms with Crippen molar-refractivity contribution >= 4 is 16.5 Å². The molecule has 4 nitrogen and oxygen atoms in total. The second-order valence-corrected chi connectivity index (χ2v) is 6.68. The maximum absolute atomic E-state index is 13.5. The van der Waals surface area contributed by atoms with Crippen LogP contribution in [0.15, 0.2) is 24.3 Å². The van der Waals surface area contributed by atoms with Gasteiger partial charge in [0.25, 0.3) is 0 Å². The minimum atomic E-state index is -0.426. The second-order valence-electron chi connectivity index (χ2n) is 5.69. The van der Waals surface area contributed by atoms with Crippen LogP contribution in [-0.2, 0) is 0 Å². The zero-order valence-corrected chi connectivity index (χ0v) is 12.8. The van der Waals surface area contributed by atoms with Crippen molar-refractivity contribution in [2.75, 3.05) is 11.4 Å². The molecule has 1 saturated heterocycles. The summed E-state index contributed by atoms with van der Waals surface area (Å²) in [7, 11) is 0. The average molecular weight is 307 g/mol. The number of halogens is 1. The molecule has 0 amide bonds. The van der Waals surface area contributed by atoms with E-state index in [0.717, 1.165) is 15.7 Å². The van der Waals surface area contributed by atoms with E-state index in [-0.39, 0.29) is 11.9 Å². The van der Waals surface area contributed by atoms with Crippen LogP contribution in [0.2, 0.25) is 0 Å². The molecule has 2 heterocycles. The normalized spacial score (nSPS) is 22.2. The van der Waals surface area contributed by atoms with Crippen molar-refractivity contribution in [1.29, 1.82) is 0 Å². The van der Waals surface area contributed by atoms with Crippen LogP contribution < -0.4 is 4.90 Å². The van der Waals surface area contributed by atoms with Gasteiger partial charge < -0.3 is 10.0 Å². The Bertz CT molecular complexity index is 631. The molecule has 3 rings (SSSR count). The molecule has 0 radical (unpaired) electrons. The number of rotatable bonds is 3. The van der Waals surface area contributed by atoms with Gasteiger partial charge in [-0.1, -0.05) is 37.3 Å². The van der Waals surface area contributed by atoms with Gasteiger partial charge >= 0.3 is 0 Å².